The van der Waals surface area contributed by atoms with Gasteiger partial charge in [-0.05, 0) is 37.1 Å². The van der Waals surface area contributed by atoms with Crippen LogP contribution in [0.1, 0.15) is 29.0 Å². The Bertz CT molecular complexity index is 941. The first-order valence-electron chi connectivity index (χ1n) is 8.98. The molecule has 0 saturated carbocycles. The van der Waals surface area contributed by atoms with Gasteiger partial charge in [0.05, 0.1) is 5.56 Å². The maximum atomic E-state index is 12.6. The summed E-state index contributed by atoms with van der Waals surface area (Å²) in [7, 11) is 0. The van der Waals surface area contributed by atoms with E-state index in [9.17, 15) is 18.0 Å². The van der Waals surface area contributed by atoms with Crippen molar-refractivity contribution in [3.63, 3.8) is 0 Å². The highest BCUT2D eigenvalue weighted by atomic mass is 19.4. The van der Waals surface area contributed by atoms with Crippen molar-refractivity contribution in [3.05, 3.63) is 60.0 Å². The average molecular weight is 389 g/mol. The first-order chi connectivity index (χ1) is 13.4. The summed E-state index contributed by atoms with van der Waals surface area (Å²) in [6.45, 7) is 1.20. The molecule has 1 amide bonds. The van der Waals surface area contributed by atoms with Crippen LogP contribution in [-0.4, -0.2) is 30.0 Å². The number of carbonyl (C=O) groups is 1. The first-order valence-corrected chi connectivity index (χ1v) is 8.98. The number of furan rings is 1. The number of aromatic nitrogens is 1. The number of fused-ring (bicyclic) bond motifs is 1. The van der Waals surface area contributed by atoms with E-state index >= 15 is 0 Å². The van der Waals surface area contributed by atoms with Crippen molar-refractivity contribution in [2.24, 2.45) is 0 Å². The number of hydrogen-bond acceptors (Lipinski definition) is 4. The van der Waals surface area contributed by atoms with E-state index in [4.69, 9.17) is 4.42 Å². The zero-order valence-corrected chi connectivity index (χ0v) is 14.9. The lowest BCUT2D eigenvalue weighted by Gasteiger charge is -2.33. The minimum Gasteiger partial charge on any atom is -0.451 e. The van der Waals surface area contributed by atoms with Crippen LogP contribution in [-0.2, 0) is 6.18 Å². The van der Waals surface area contributed by atoms with E-state index in [2.05, 4.69) is 10.3 Å². The number of nitrogens with zero attached hydrogens (tertiary/aromatic N) is 2. The van der Waals surface area contributed by atoms with Gasteiger partial charge in [0, 0.05) is 30.7 Å². The molecule has 0 bridgehead atoms. The van der Waals surface area contributed by atoms with Gasteiger partial charge in [0.2, 0.25) is 0 Å². The lowest BCUT2D eigenvalue weighted by Crippen LogP contribution is -2.44. The summed E-state index contributed by atoms with van der Waals surface area (Å²) >= 11 is 0. The van der Waals surface area contributed by atoms with Gasteiger partial charge in [0.25, 0.3) is 5.91 Å². The molecular weight excluding hydrogens is 371 g/mol. The van der Waals surface area contributed by atoms with Gasteiger partial charge in [0.1, 0.15) is 11.4 Å². The van der Waals surface area contributed by atoms with Crippen molar-refractivity contribution in [2.45, 2.75) is 25.1 Å². The summed E-state index contributed by atoms with van der Waals surface area (Å²) in [5.41, 5.74) is -0.0971. The fourth-order valence-electron chi connectivity index (χ4n) is 3.34. The minimum absolute atomic E-state index is 0.0218. The van der Waals surface area contributed by atoms with Crippen LogP contribution < -0.4 is 10.2 Å². The van der Waals surface area contributed by atoms with Crippen molar-refractivity contribution in [1.82, 2.24) is 10.3 Å². The largest absolute Gasteiger partial charge is 0.451 e. The van der Waals surface area contributed by atoms with Gasteiger partial charge < -0.3 is 14.6 Å². The summed E-state index contributed by atoms with van der Waals surface area (Å²) in [5.74, 6) is 0.519. The Labute approximate surface area is 159 Å². The van der Waals surface area contributed by atoms with E-state index in [0.29, 0.717) is 37.3 Å². The summed E-state index contributed by atoms with van der Waals surface area (Å²) in [4.78, 5) is 18.3. The van der Waals surface area contributed by atoms with Gasteiger partial charge in [-0.2, -0.15) is 13.2 Å². The van der Waals surface area contributed by atoms with Gasteiger partial charge >= 0.3 is 6.18 Å². The maximum absolute atomic E-state index is 12.6. The Hall–Kier alpha value is -3.03. The molecule has 1 aliphatic rings. The Kier molecular flexibility index (Phi) is 4.70. The molecule has 5 nitrogen and oxygen atoms in total. The highest BCUT2D eigenvalue weighted by Crippen LogP contribution is 2.30. The van der Waals surface area contributed by atoms with E-state index in [1.54, 1.807) is 6.07 Å². The van der Waals surface area contributed by atoms with Crippen LogP contribution in [0.25, 0.3) is 11.0 Å². The third-order valence-corrected chi connectivity index (χ3v) is 4.88. The maximum Gasteiger partial charge on any atom is 0.417 e. The molecule has 146 valence electrons. The topological polar surface area (TPSA) is 58.4 Å². The van der Waals surface area contributed by atoms with E-state index in [0.717, 1.165) is 17.6 Å². The number of carbonyl (C=O) groups excluding carboxylic acids is 1. The molecule has 0 aliphatic carbocycles. The van der Waals surface area contributed by atoms with E-state index in [1.807, 2.05) is 29.2 Å². The monoisotopic (exact) mass is 389 g/mol. The zero-order chi connectivity index (χ0) is 19.7. The van der Waals surface area contributed by atoms with Crippen LogP contribution in [0.4, 0.5) is 19.0 Å². The van der Waals surface area contributed by atoms with Crippen LogP contribution in [0, 0.1) is 0 Å². The molecule has 3 heterocycles. The highest BCUT2D eigenvalue weighted by molar-refractivity contribution is 5.96. The number of alkyl halides is 3. The molecule has 0 atom stereocenters. The number of benzene rings is 1. The third kappa shape index (κ3) is 3.81. The normalized spacial score (nSPS) is 15.8. The molecule has 0 radical (unpaired) electrons. The Morgan fingerprint density at radius 1 is 1.14 bits per heavy atom. The highest BCUT2D eigenvalue weighted by Gasteiger charge is 2.31. The lowest BCUT2D eigenvalue weighted by molar-refractivity contribution is -0.137. The average Bonchev–Trinajstić information content (AvgIpc) is 3.12. The van der Waals surface area contributed by atoms with E-state index < -0.39 is 11.7 Å². The fourth-order valence-corrected chi connectivity index (χ4v) is 3.34. The zero-order valence-electron chi connectivity index (χ0n) is 14.9. The van der Waals surface area contributed by atoms with Crippen molar-refractivity contribution in [2.75, 3.05) is 18.0 Å². The molecule has 1 aliphatic heterocycles. The Morgan fingerprint density at radius 2 is 1.89 bits per heavy atom. The third-order valence-electron chi connectivity index (χ3n) is 4.88. The summed E-state index contributed by atoms with van der Waals surface area (Å²) in [6, 6.07) is 11.5. The Balaban J connectivity index is 1.34. The van der Waals surface area contributed by atoms with Crippen molar-refractivity contribution in [1.29, 1.82) is 0 Å². The van der Waals surface area contributed by atoms with Crippen molar-refractivity contribution in [3.8, 4) is 0 Å². The van der Waals surface area contributed by atoms with E-state index in [-0.39, 0.29) is 17.7 Å². The van der Waals surface area contributed by atoms with Crippen LogP contribution in [0.15, 0.2) is 53.1 Å². The van der Waals surface area contributed by atoms with Gasteiger partial charge in [-0.25, -0.2) is 4.98 Å². The number of hydrogen-bond donors (Lipinski definition) is 1. The fraction of sp³-hybridized carbons (Fsp3) is 0.300. The Morgan fingerprint density at radius 3 is 2.54 bits per heavy atom. The van der Waals surface area contributed by atoms with Crippen molar-refractivity contribution >= 4 is 22.7 Å². The second-order valence-corrected chi connectivity index (χ2v) is 6.79. The quantitative estimate of drug-likeness (QED) is 0.728. The molecule has 1 fully saturated rings. The number of para-hydroxylation sites is 1. The van der Waals surface area contributed by atoms with Crippen LogP contribution in [0.2, 0.25) is 0 Å². The second-order valence-electron chi connectivity index (χ2n) is 6.79. The predicted molar refractivity (Wildman–Crippen MR) is 98.2 cm³/mol. The molecule has 0 unspecified atom stereocenters. The predicted octanol–water partition coefficient (Wildman–Crippen LogP) is 4.25. The minimum atomic E-state index is -4.39. The lowest BCUT2D eigenvalue weighted by atomic mass is 10.0. The second kappa shape index (κ2) is 7.18. The molecule has 1 aromatic carbocycles. The number of rotatable bonds is 3. The standard InChI is InChI=1S/C20H18F3N3O2/c21-20(22,23)14-5-6-18(24-12-14)26-9-7-15(8-10-26)25-19(27)17-11-13-3-1-2-4-16(13)28-17/h1-6,11-12,15H,7-10H2,(H,25,27). The molecule has 3 aromatic rings. The summed E-state index contributed by atoms with van der Waals surface area (Å²) in [6.07, 6.45) is -2.19. The summed E-state index contributed by atoms with van der Waals surface area (Å²) < 4.78 is 43.5. The molecule has 8 heteroatoms. The number of nitrogens with one attached hydrogen (secondary N) is 1. The molecule has 4 rings (SSSR count). The molecular formula is C20H18F3N3O2. The van der Waals surface area contributed by atoms with Gasteiger partial charge in [-0.15, -0.1) is 0 Å². The van der Waals surface area contributed by atoms with Gasteiger partial charge in [0.15, 0.2) is 5.76 Å². The van der Waals surface area contributed by atoms with Gasteiger partial charge in [-0.1, -0.05) is 18.2 Å². The molecule has 1 saturated heterocycles. The summed E-state index contributed by atoms with van der Waals surface area (Å²) in [5, 5.41) is 3.84. The van der Waals surface area contributed by atoms with Crippen molar-refractivity contribution < 1.29 is 22.4 Å². The number of halogens is 3. The molecule has 2 aromatic heterocycles. The number of pyridine rings is 1. The molecule has 1 N–H and O–H groups in total. The molecule has 0 spiro atoms. The van der Waals surface area contributed by atoms with Crippen LogP contribution in [0.5, 0.6) is 0 Å². The number of amides is 1. The smallest absolute Gasteiger partial charge is 0.417 e. The van der Waals surface area contributed by atoms with Crippen LogP contribution in [0.3, 0.4) is 0 Å². The van der Waals surface area contributed by atoms with Gasteiger partial charge in [-0.3, -0.25) is 4.79 Å². The number of piperidine rings is 1. The SMILES string of the molecule is O=C(NC1CCN(c2ccc(C(F)(F)F)cn2)CC1)c1cc2ccccc2o1. The molecule has 28 heavy (non-hydrogen) atoms. The first kappa shape index (κ1) is 18.3. The number of anilines is 1. The van der Waals surface area contributed by atoms with E-state index in [1.165, 1.54) is 6.07 Å². The van der Waals surface area contributed by atoms with Crippen LogP contribution >= 0.6 is 0 Å².